The molecule has 0 saturated carbocycles. The van der Waals surface area contributed by atoms with E-state index in [1.54, 1.807) is 4.90 Å². The Labute approximate surface area is 106 Å². The van der Waals surface area contributed by atoms with E-state index >= 15 is 0 Å². The topological polar surface area (TPSA) is 42.4 Å². The number of aromatic nitrogens is 1. The second-order valence-electron chi connectivity index (χ2n) is 4.15. The third-order valence-corrected chi connectivity index (χ3v) is 3.37. The average molecular weight is 255 g/mol. The summed E-state index contributed by atoms with van der Waals surface area (Å²) in [5.74, 6) is 0.459. The van der Waals surface area contributed by atoms with Crippen molar-refractivity contribution < 1.29 is 9.53 Å². The second-order valence-corrected chi connectivity index (χ2v) is 4.53. The third kappa shape index (κ3) is 2.88. The average Bonchev–Trinajstić information content (AvgIpc) is 2.39. The molecule has 5 heteroatoms. The fourth-order valence-corrected chi connectivity index (χ4v) is 2.27. The van der Waals surface area contributed by atoms with E-state index in [1.807, 2.05) is 18.3 Å². The van der Waals surface area contributed by atoms with Crippen LogP contribution in [0.5, 0.6) is 0 Å². The molecule has 1 aliphatic rings. The maximum atomic E-state index is 11.3. The van der Waals surface area contributed by atoms with E-state index in [4.69, 9.17) is 16.3 Å². The first-order chi connectivity index (χ1) is 8.20. The maximum Gasteiger partial charge on any atom is 0.409 e. The predicted octanol–water partition coefficient (Wildman–Crippen LogP) is 2.68. The zero-order valence-electron chi connectivity index (χ0n) is 9.73. The molecule has 0 atom stereocenters. The molecule has 1 aliphatic heterocycles. The van der Waals surface area contributed by atoms with Gasteiger partial charge in [0, 0.05) is 19.3 Å². The SMILES string of the molecule is COC(=O)N1CCC(c2ccc(Cl)nc2)CC1. The van der Waals surface area contributed by atoms with Crippen molar-refractivity contribution >= 4 is 17.7 Å². The zero-order valence-corrected chi connectivity index (χ0v) is 10.5. The third-order valence-electron chi connectivity index (χ3n) is 3.15. The molecule has 4 nitrogen and oxygen atoms in total. The fourth-order valence-electron chi connectivity index (χ4n) is 2.15. The van der Waals surface area contributed by atoms with Gasteiger partial charge in [0.25, 0.3) is 0 Å². The molecule has 2 heterocycles. The van der Waals surface area contributed by atoms with Crippen molar-refractivity contribution in [2.75, 3.05) is 20.2 Å². The minimum atomic E-state index is -0.238. The number of rotatable bonds is 1. The van der Waals surface area contributed by atoms with Gasteiger partial charge < -0.3 is 9.64 Å². The van der Waals surface area contributed by atoms with E-state index in [0.29, 0.717) is 11.1 Å². The Balaban J connectivity index is 1.95. The quantitative estimate of drug-likeness (QED) is 0.724. The minimum absolute atomic E-state index is 0.238. The fraction of sp³-hybridized carbons (Fsp3) is 0.500. The van der Waals surface area contributed by atoms with Crippen LogP contribution in [0.3, 0.4) is 0 Å². The van der Waals surface area contributed by atoms with Crippen molar-refractivity contribution in [1.29, 1.82) is 0 Å². The number of likely N-dealkylation sites (tertiary alicyclic amines) is 1. The number of nitrogens with zero attached hydrogens (tertiary/aromatic N) is 2. The summed E-state index contributed by atoms with van der Waals surface area (Å²) in [6.07, 6.45) is 3.47. The number of piperidine rings is 1. The molecule has 2 rings (SSSR count). The summed E-state index contributed by atoms with van der Waals surface area (Å²) in [5.41, 5.74) is 1.19. The Morgan fingerprint density at radius 3 is 2.71 bits per heavy atom. The highest BCUT2D eigenvalue weighted by atomic mass is 35.5. The molecule has 1 aromatic rings. The Morgan fingerprint density at radius 2 is 2.18 bits per heavy atom. The van der Waals surface area contributed by atoms with Crippen LogP contribution in [-0.2, 0) is 4.74 Å². The van der Waals surface area contributed by atoms with Crippen LogP contribution in [0.15, 0.2) is 18.3 Å². The normalized spacial score (nSPS) is 16.9. The van der Waals surface area contributed by atoms with Gasteiger partial charge in [-0.05, 0) is 30.4 Å². The van der Waals surface area contributed by atoms with Gasteiger partial charge in [-0.3, -0.25) is 0 Å². The molecule has 92 valence electrons. The standard InChI is InChI=1S/C12H15ClN2O2/c1-17-12(16)15-6-4-9(5-7-15)10-2-3-11(13)14-8-10/h2-3,8-9H,4-7H2,1H3. The van der Waals surface area contributed by atoms with E-state index in [9.17, 15) is 4.79 Å². The largest absolute Gasteiger partial charge is 0.453 e. The van der Waals surface area contributed by atoms with Crippen molar-refractivity contribution in [3.05, 3.63) is 29.0 Å². The zero-order chi connectivity index (χ0) is 12.3. The van der Waals surface area contributed by atoms with Crippen LogP contribution in [0.25, 0.3) is 0 Å². The Hall–Kier alpha value is -1.29. The molecule has 1 aromatic heterocycles. The lowest BCUT2D eigenvalue weighted by atomic mass is 9.91. The molecule has 0 unspecified atom stereocenters. The maximum absolute atomic E-state index is 11.3. The molecule has 1 fully saturated rings. The van der Waals surface area contributed by atoms with E-state index in [-0.39, 0.29) is 6.09 Å². The number of carbonyl (C=O) groups is 1. The van der Waals surface area contributed by atoms with Crippen LogP contribution >= 0.6 is 11.6 Å². The van der Waals surface area contributed by atoms with Gasteiger partial charge >= 0.3 is 6.09 Å². The summed E-state index contributed by atoms with van der Waals surface area (Å²) in [5, 5.41) is 0.515. The lowest BCUT2D eigenvalue weighted by molar-refractivity contribution is 0.112. The Bertz CT molecular complexity index is 386. The first-order valence-corrected chi connectivity index (χ1v) is 6.03. The molecule has 0 bridgehead atoms. The van der Waals surface area contributed by atoms with Crippen molar-refractivity contribution in [3.8, 4) is 0 Å². The van der Waals surface area contributed by atoms with E-state index < -0.39 is 0 Å². The van der Waals surface area contributed by atoms with Gasteiger partial charge in [-0.15, -0.1) is 0 Å². The van der Waals surface area contributed by atoms with Gasteiger partial charge in [0.05, 0.1) is 7.11 Å². The summed E-state index contributed by atoms with van der Waals surface area (Å²) >= 11 is 5.75. The smallest absolute Gasteiger partial charge is 0.409 e. The summed E-state index contributed by atoms with van der Waals surface area (Å²) in [6.45, 7) is 1.47. The number of methoxy groups -OCH3 is 1. The summed E-state index contributed by atoms with van der Waals surface area (Å²) in [4.78, 5) is 17.1. The van der Waals surface area contributed by atoms with Crippen LogP contribution in [0, 0.1) is 0 Å². The number of halogens is 1. The van der Waals surface area contributed by atoms with Gasteiger partial charge in [0.1, 0.15) is 5.15 Å². The number of amides is 1. The van der Waals surface area contributed by atoms with Crippen molar-refractivity contribution in [2.45, 2.75) is 18.8 Å². The van der Waals surface area contributed by atoms with Crippen LogP contribution < -0.4 is 0 Å². The lowest BCUT2D eigenvalue weighted by Crippen LogP contribution is -2.37. The van der Waals surface area contributed by atoms with E-state index in [1.165, 1.54) is 12.7 Å². The van der Waals surface area contributed by atoms with Crippen LogP contribution in [-0.4, -0.2) is 36.2 Å². The predicted molar refractivity (Wildman–Crippen MR) is 65.2 cm³/mol. The van der Waals surface area contributed by atoms with Crippen LogP contribution in [0.2, 0.25) is 5.15 Å². The first-order valence-electron chi connectivity index (χ1n) is 5.65. The summed E-state index contributed by atoms with van der Waals surface area (Å²) in [6, 6.07) is 3.82. The molecule has 0 aromatic carbocycles. The highest BCUT2D eigenvalue weighted by Crippen LogP contribution is 2.28. The number of pyridine rings is 1. The molecule has 17 heavy (non-hydrogen) atoms. The van der Waals surface area contributed by atoms with Gasteiger partial charge in [-0.25, -0.2) is 9.78 Å². The van der Waals surface area contributed by atoms with Crippen molar-refractivity contribution in [2.24, 2.45) is 0 Å². The molecule has 1 amide bonds. The highest BCUT2D eigenvalue weighted by Gasteiger charge is 2.24. The van der Waals surface area contributed by atoms with E-state index in [2.05, 4.69) is 4.98 Å². The summed E-state index contributed by atoms with van der Waals surface area (Å²) < 4.78 is 4.70. The highest BCUT2D eigenvalue weighted by molar-refractivity contribution is 6.29. The second kappa shape index (κ2) is 5.36. The molecular formula is C12H15ClN2O2. The van der Waals surface area contributed by atoms with Gasteiger partial charge in [0.2, 0.25) is 0 Å². The monoisotopic (exact) mass is 254 g/mol. The minimum Gasteiger partial charge on any atom is -0.453 e. The molecule has 0 radical (unpaired) electrons. The molecular weight excluding hydrogens is 240 g/mol. The molecule has 0 aliphatic carbocycles. The van der Waals surface area contributed by atoms with Crippen molar-refractivity contribution in [1.82, 2.24) is 9.88 Å². The Kier molecular flexibility index (Phi) is 3.84. The molecule has 0 spiro atoms. The lowest BCUT2D eigenvalue weighted by Gasteiger charge is -2.30. The number of carbonyl (C=O) groups excluding carboxylic acids is 1. The number of hydrogen-bond acceptors (Lipinski definition) is 3. The number of hydrogen-bond donors (Lipinski definition) is 0. The summed E-state index contributed by atoms with van der Waals surface area (Å²) in [7, 11) is 1.41. The van der Waals surface area contributed by atoms with Gasteiger partial charge in [-0.2, -0.15) is 0 Å². The number of ether oxygens (including phenoxy) is 1. The Morgan fingerprint density at radius 1 is 1.47 bits per heavy atom. The van der Waals surface area contributed by atoms with E-state index in [0.717, 1.165) is 25.9 Å². The first kappa shape index (κ1) is 12.2. The molecule has 1 saturated heterocycles. The van der Waals surface area contributed by atoms with Gasteiger partial charge in [-0.1, -0.05) is 17.7 Å². The van der Waals surface area contributed by atoms with Crippen molar-refractivity contribution in [3.63, 3.8) is 0 Å². The van der Waals surface area contributed by atoms with Crippen LogP contribution in [0.4, 0.5) is 4.79 Å². The van der Waals surface area contributed by atoms with Crippen LogP contribution in [0.1, 0.15) is 24.3 Å². The molecule has 0 N–H and O–H groups in total. The van der Waals surface area contributed by atoms with Gasteiger partial charge in [0.15, 0.2) is 0 Å².